The predicted octanol–water partition coefficient (Wildman–Crippen LogP) is 1.30. The summed E-state index contributed by atoms with van der Waals surface area (Å²) in [7, 11) is -4.09. The number of aliphatic carboxylic acids is 1. The summed E-state index contributed by atoms with van der Waals surface area (Å²) >= 11 is 1.77. The van der Waals surface area contributed by atoms with Crippen molar-refractivity contribution < 1.29 is 37.4 Å². The van der Waals surface area contributed by atoms with Crippen LogP contribution in [-0.4, -0.2) is 89.8 Å². The maximum Gasteiger partial charge on any atom is 0.415 e. The number of thioether (sulfide) groups is 1. The molecule has 2 aliphatic heterocycles. The second-order valence-electron chi connectivity index (χ2n) is 9.38. The molecule has 2 heterocycles. The third-order valence-electron chi connectivity index (χ3n) is 6.70. The lowest BCUT2D eigenvalue weighted by molar-refractivity contribution is -0.142. The second kappa shape index (κ2) is 12.7. The van der Waals surface area contributed by atoms with E-state index in [-0.39, 0.29) is 29.8 Å². The first-order valence-corrected chi connectivity index (χ1v) is 15.2. The third-order valence-corrected chi connectivity index (χ3v) is 9.57. The van der Waals surface area contributed by atoms with E-state index >= 15 is 0 Å². The molecule has 2 atom stereocenters. The van der Waals surface area contributed by atoms with Crippen molar-refractivity contribution in [2.24, 2.45) is 5.73 Å². The number of hydrogen-bond acceptors (Lipinski definition) is 8. The van der Waals surface area contributed by atoms with Gasteiger partial charge in [0.1, 0.15) is 17.8 Å². The smallest absolute Gasteiger partial charge is 0.415 e. The molecule has 0 aliphatic carbocycles. The second-order valence-corrected chi connectivity index (χ2v) is 12.5. The Morgan fingerprint density at radius 1 is 1.02 bits per heavy atom. The van der Waals surface area contributed by atoms with Gasteiger partial charge < -0.3 is 25.8 Å². The number of primary amides is 1. The number of nitrogens with two attached hydrogens (primary N) is 1. The number of rotatable bonds is 9. The Labute approximate surface area is 235 Å². The highest BCUT2D eigenvalue weighted by atomic mass is 32.2. The number of nitrogens with one attached hydrogen (secondary N) is 1. The topological polar surface area (TPSA) is 176 Å². The summed E-state index contributed by atoms with van der Waals surface area (Å²) in [5.41, 5.74) is 5.94. The van der Waals surface area contributed by atoms with Crippen LogP contribution in [0.15, 0.2) is 53.4 Å². The van der Waals surface area contributed by atoms with Gasteiger partial charge in [0, 0.05) is 43.1 Å². The van der Waals surface area contributed by atoms with Crippen molar-refractivity contribution in [3.63, 3.8) is 0 Å². The molecule has 4 N–H and O–H groups in total. The normalized spacial score (nSPS) is 18.6. The van der Waals surface area contributed by atoms with Crippen LogP contribution in [-0.2, 0) is 26.0 Å². The Morgan fingerprint density at radius 3 is 2.27 bits per heavy atom. The number of carbonyl (C=O) groups excluding carboxylic acids is 3. The quantitative estimate of drug-likeness (QED) is 0.388. The van der Waals surface area contributed by atoms with Crippen molar-refractivity contribution in [3.8, 4) is 5.75 Å². The van der Waals surface area contributed by atoms with Gasteiger partial charge >= 0.3 is 12.1 Å². The van der Waals surface area contributed by atoms with Crippen LogP contribution in [0.25, 0.3) is 0 Å². The number of carboxylic acid groups (broad SMARTS) is 1. The Bertz CT molecular complexity index is 1360. The molecule has 2 aliphatic rings. The number of benzene rings is 2. The fraction of sp³-hybridized carbons (Fsp3) is 0.385. The molecule has 0 bridgehead atoms. The summed E-state index contributed by atoms with van der Waals surface area (Å²) in [6, 6.07) is 9.01. The molecule has 0 aromatic heterocycles. The molecule has 0 unspecified atom stereocenters. The van der Waals surface area contributed by atoms with Crippen molar-refractivity contribution in [1.82, 2.24) is 14.5 Å². The molecule has 4 rings (SSSR count). The first-order chi connectivity index (χ1) is 19.1. The molecule has 14 heteroatoms. The summed E-state index contributed by atoms with van der Waals surface area (Å²) in [5, 5.41) is 12.2. The van der Waals surface area contributed by atoms with Gasteiger partial charge in [-0.05, 0) is 54.8 Å². The zero-order valence-corrected chi connectivity index (χ0v) is 23.2. The monoisotopic (exact) mass is 590 g/mol. The molecule has 3 amide bonds. The van der Waals surface area contributed by atoms with E-state index in [1.165, 1.54) is 24.3 Å². The van der Waals surface area contributed by atoms with Gasteiger partial charge in [-0.2, -0.15) is 16.1 Å². The van der Waals surface area contributed by atoms with Crippen LogP contribution in [0.3, 0.4) is 0 Å². The van der Waals surface area contributed by atoms with Crippen LogP contribution in [0, 0.1) is 0 Å². The number of nitrogens with zero attached hydrogens (tertiary/aromatic N) is 2. The van der Waals surface area contributed by atoms with Crippen molar-refractivity contribution in [2.75, 3.05) is 31.1 Å². The molecule has 2 aromatic rings. The van der Waals surface area contributed by atoms with E-state index in [9.17, 15) is 32.7 Å². The Kier molecular flexibility index (Phi) is 9.32. The number of ether oxygens (including phenoxy) is 1. The van der Waals surface area contributed by atoms with Crippen LogP contribution in [0.1, 0.15) is 28.8 Å². The van der Waals surface area contributed by atoms with E-state index in [4.69, 9.17) is 10.5 Å². The van der Waals surface area contributed by atoms with Crippen LogP contribution >= 0.6 is 11.8 Å². The minimum Gasteiger partial charge on any atom is -0.480 e. The minimum absolute atomic E-state index is 0.0628. The van der Waals surface area contributed by atoms with Crippen molar-refractivity contribution in [1.29, 1.82) is 0 Å². The van der Waals surface area contributed by atoms with E-state index in [0.717, 1.165) is 15.8 Å². The van der Waals surface area contributed by atoms with Gasteiger partial charge in [-0.1, -0.05) is 12.1 Å². The summed E-state index contributed by atoms with van der Waals surface area (Å²) < 4.78 is 32.9. The standard InChI is InChI=1S/C26H30N4O8S2/c27-23(31)18-5-9-20(10-6-18)40(36,37)30-11-1-2-22(30)24(32)28-21(25(33)34)16-17-3-7-19(8-4-17)38-26(35)29-12-14-39-15-13-29/h3-10,21-22H,1-2,11-16H2,(H2,27,31)(H,28,32)(H,33,34)/t21-,22-/m0/s1. The Hall–Kier alpha value is -3.62. The van der Waals surface area contributed by atoms with E-state index in [2.05, 4.69) is 5.32 Å². The SMILES string of the molecule is NC(=O)c1ccc(S(=O)(=O)N2CCC[C@H]2C(=O)N[C@@H](Cc2ccc(OC(=O)N3CCSCC3)cc2)C(=O)O)cc1. The molecule has 214 valence electrons. The fourth-order valence-electron chi connectivity index (χ4n) is 4.52. The van der Waals surface area contributed by atoms with Crippen LogP contribution < -0.4 is 15.8 Å². The van der Waals surface area contributed by atoms with E-state index < -0.39 is 46.0 Å². The molecule has 0 saturated carbocycles. The maximum atomic E-state index is 13.2. The first kappa shape index (κ1) is 29.4. The van der Waals surface area contributed by atoms with Gasteiger partial charge in [-0.3, -0.25) is 9.59 Å². The number of hydrogen-bond donors (Lipinski definition) is 3. The first-order valence-electron chi connectivity index (χ1n) is 12.6. The highest BCUT2D eigenvalue weighted by Crippen LogP contribution is 2.27. The van der Waals surface area contributed by atoms with E-state index in [0.29, 0.717) is 30.8 Å². The summed E-state index contributed by atoms with van der Waals surface area (Å²) in [6.07, 6.45) is 0.146. The predicted molar refractivity (Wildman–Crippen MR) is 147 cm³/mol. The van der Waals surface area contributed by atoms with Crippen LogP contribution in [0.4, 0.5) is 4.79 Å². The molecule has 40 heavy (non-hydrogen) atoms. The van der Waals surface area contributed by atoms with E-state index in [1.54, 1.807) is 40.9 Å². The van der Waals surface area contributed by atoms with Gasteiger partial charge in [-0.25, -0.2) is 18.0 Å². The summed E-state index contributed by atoms with van der Waals surface area (Å²) in [4.78, 5) is 50.2. The highest BCUT2D eigenvalue weighted by molar-refractivity contribution is 7.99. The molecule has 0 radical (unpaired) electrons. The minimum atomic E-state index is -4.09. The van der Waals surface area contributed by atoms with Crippen molar-refractivity contribution in [2.45, 2.75) is 36.2 Å². The molecule has 2 saturated heterocycles. The van der Waals surface area contributed by atoms with Gasteiger partial charge in [0.2, 0.25) is 21.8 Å². The number of carboxylic acids is 1. The third kappa shape index (κ3) is 6.92. The van der Waals surface area contributed by atoms with Gasteiger partial charge in [0.25, 0.3) is 0 Å². The summed E-state index contributed by atoms with van der Waals surface area (Å²) in [6.45, 7) is 1.32. The van der Waals surface area contributed by atoms with E-state index in [1.807, 2.05) is 0 Å². The van der Waals surface area contributed by atoms with Crippen molar-refractivity contribution >= 4 is 45.7 Å². The largest absolute Gasteiger partial charge is 0.480 e. The lowest BCUT2D eigenvalue weighted by atomic mass is 10.1. The zero-order valence-electron chi connectivity index (χ0n) is 21.5. The molecular weight excluding hydrogens is 560 g/mol. The number of amides is 3. The van der Waals surface area contributed by atoms with Crippen LogP contribution in [0.5, 0.6) is 5.75 Å². The molecule has 0 spiro atoms. The highest BCUT2D eigenvalue weighted by Gasteiger charge is 2.40. The maximum absolute atomic E-state index is 13.2. The van der Waals surface area contributed by atoms with Crippen molar-refractivity contribution in [3.05, 3.63) is 59.7 Å². The Balaban J connectivity index is 1.39. The summed E-state index contributed by atoms with van der Waals surface area (Å²) in [5.74, 6) is -0.669. The zero-order chi connectivity index (χ0) is 28.9. The number of carbonyl (C=O) groups is 4. The average molecular weight is 591 g/mol. The molecule has 2 aromatic carbocycles. The molecule has 12 nitrogen and oxygen atoms in total. The van der Waals surface area contributed by atoms with Crippen LogP contribution in [0.2, 0.25) is 0 Å². The van der Waals surface area contributed by atoms with Gasteiger partial charge in [-0.15, -0.1) is 0 Å². The lowest BCUT2D eigenvalue weighted by Crippen LogP contribution is -2.51. The van der Waals surface area contributed by atoms with Gasteiger partial charge in [0.05, 0.1) is 4.90 Å². The Morgan fingerprint density at radius 2 is 1.68 bits per heavy atom. The van der Waals surface area contributed by atoms with Gasteiger partial charge in [0.15, 0.2) is 0 Å². The molecule has 2 fully saturated rings. The lowest BCUT2D eigenvalue weighted by Gasteiger charge is -2.25. The number of sulfonamides is 1. The molecular formula is C26H30N4O8S2. The average Bonchev–Trinajstić information content (AvgIpc) is 3.45. The fourth-order valence-corrected chi connectivity index (χ4v) is 7.08.